The Kier molecular flexibility index (Phi) is 4.20. The molecule has 0 bridgehead atoms. The van der Waals surface area contributed by atoms with Gasteiger partial charge >= 0.3 is 0 Å². The molecule has 5 rings (SSSR count). The van der Waals surface area contributed by atoms with E-state index in [2.05, 4.69) is 20.9 Å². The second-order valence-electron chi connectivity index (χ2n) is 6.69. The van der Waals surface area contributed by atoms with E-state index in [0.717, 1.165) is 81.1 Å². The lowest BCUT2D eigenvalue weighted by Gasteiger charge is -2.38. The topological polar surface area (TPSA) is 60.0 Å². The molecule has 0 radical (unpaired) electrons. The molecule has 26 heavy (non-hydrogen) atoms. The molecule has 0 N–H and O–H groups in total. The lowest BCUT2D eigenvalue weighted by molar-refractivity contribution is -0.0487. The molecule has 2 fully saturated rings. The summed E-state index contributed by atoms with van der Waals surface area (Å²) < 4.78 is 17.3. The van der Waals surface area contributed by atoms with E-state index in [1.54, 1.807) is 0 Å². The molecule has 7 heteroatoms. The maximum absolute atomic E-state index is 6.34. The minimum Gasteiger partial charge on any atom is -0.470 e. The number of rotatable bonds is 2. The first kappa shape index (κ1) is 16.0. The third-order valence-corrected chi connectivity index (χ3v) is 5.12. The Hall–Kier alpha value is -2.22. The zero-order chi connectivity index (χ0) is 17.3. The van der Waals surface area contributed by atoms with E-state index < -0.39 is 0 Å². The van der Waals surface area contributed by atoms with Crippen LogP contribution in [0.25, 0.3) is 11.3 Å². The lowest BCUT2D eigenvalue weighted by atomic mass is 10.0. The molecular formula is C19H22N4O3. The molecule has 0 saturated carbocycles. The van der Waals surface area contributed by atoms with Crippen LogP contribution in [-0.2, 0) is 9.47 Å². The lowest BCUT2D eigenvalue weighted by Crippen LogP contribution is -2.42. The Morgan fingerprint density at radius 3 is 2.46 bits per heavy atom. The third-order valence-electron chi connectivity index (χ3n) is 5.12. The van der Waals surface area contributed by atoms with Gasteiger partial charge in [-0.2, -0.15) is 0 Å². The molecule has 1 aromatic heterocycles. The quantitative estimate of drug-likeness (QED) is 0.813. The number of benzene rings is 1. The van der Waals surface area contributed by atoms with Crippen LogP contribution < -0.4 is 9.64 Å². The van der Waals surface area contributed by atoms with Gasteiger partial charge in [0.1, 0.15) is 5.75 Å². The van der Waals surface area contributed by atoms with Gasteiger partial charge in [-0.05, 0) is 12.1 Å². The van der Waals surface area contributed by atoms with Crippen molar-refractivity contribution < 1.29 is 14.2 Å². The van der Waals surface area contributed by atoms with Crippen molar-refractivity contribution in [2.45, 2.75) is 6.23 Å². The summed E-state index contributed by atoms with van der Waals surface area (Å²) in [5, 5.41) is 0. The molecule has 1 aromatic carbocycles. The van der Waals surface area contributed by atoms with E-state index in [0.29, 0.717) is 0 Å². The van der Waals surface area contributed by atoms with Crippen molar-refractivity contribution in [1.29, 1.82) is 0 Å². The summed E-state index contributed by atoms with van der Waals surface area (Å²) in [7, 11) is 0. The summed E-state index contributed by atoms with van der Waals surface area (Å²) in [5.41, 5.74) is 3.03. The van der Waals surface area contributed by atoms with Crippen molar-refractivity contribution in [1.82, 2.24) is 14.9 Å². The fourth-order valence-corrected chi connectivity index (χ4v) is 3.73. The van der Waals surface area contributed by atoms with E-state index in [1.165, 1.54) is 0 Å². The second kappa shape index (κ2) is 6.83. The van der Waals surface area contributed by atoms with Crippen molar-refractivity contribution in [2.24, 2.45) is 0 Å². The fraction of sp³-hybridized carbons (Fsp3) is 0.474. The van der Waals surface area contributed by atoms with Gasteiger partial charge in [0.05, 0.1) is 37.7 Å². The predicted octanol–water partition coefficient (Wildman–Crippen LogP) is 1.70. The molecule has 3 aliphatic heterocycles. The van der Waals surface area contributed by atoms with Crippen molar-refractivity contribution in [3.63, 3.8) is 0 Å². The van der Waals surface area contributed by atoms with E-state index >= 15 is 0 Å². The highest BCUT2D eigenvalue weighted by atomic mass is 16.5. The van der Waals surface area contributed by atoms with Gasteiger partial charge in [-0.15, -0.1) is 0 Å². The number of hydrogen-bond donors (Lipinski definition) is 0. The smallest absolute Gasteiger partial charge is 0.226 e. The molecule has 2 aromatic rings. The third kappa shape index (κ3) is 2.82. The van der Waals surface area contributed by atoms with Crippen molar-refractivity contribution >= 4 is 5.95 Å². The van der Waals surface area contributed by atoms with Gasteiger partial charge in [0.25, 0.3) is 0 Å². The molecule has 0 aliphatic carbocycles. The number of morpholine rings is 2. The molecule has 0 amide bonds. The number of fused-ring (bicyclic) bond motifs is 3. The zero-order valence-corrected chi connectivity index (χ0v) is 14.6. The van der Waals surface area contributed by atoms with Crippen LogP contribution in [-0.4, -0.2) is 67.5 Å². The molecular weight excluding hydrogens is 332 g/mol. The molecule has 1 atom stereocenters. The van der Waals surface area contributed by atoms with E-state index in [9.17, 15) is 0 Å². The van der Waals surface area contributed by atoms with Gasteiger partial charge in [-0.1, -0.05) is 12.1 Å². The van der Waals surface area contributed by atoms with Gasteiger partial charge < -0.3 is 19.1 Å². The first-order valence-electron chi connectivity index (χ1n) is 9.17. The van der Waals surface area contributed by atoms with Crippen LogP contribution in [0.3, 0.4) is 0 Å². The van der Waals surface area contributed by atoms with Crippen LogP contribution >= 0.6 is 0 Å². The molecule has 2 saturated heterocycles. The number of nitrogens with zero attached hydrogens (tertiary/aromatic N) is 4. The highest BCUT2D eigenvalue weighted by molar-refractivity contribution is 5.73. The van der Waals surface area contributed by atoms with Crippen LogP contribution in [0.5, 0.6) is 5.75 Å². The molecule has 7 nitrogen and oxygen atoms in total. The van der Waals surface area contributed by atoms with Crippen LogP contribution in [0.2, 0.25) is 0 Å². The summed E-state index contributed by atoms with van der Waals surface area (Å²) in [4.78, 5) is 14.1. The highest BCUT2D eigenvalue weighted by Crippen LogP contribution is 2.42. The summed E-state index contributed by atoms with van der Waals surface area (Å²) >= 11 is 0. The monoisotopic (exact) mass is 354 g/mol. The number of hydrogen-bond acceptors (Lipinski definition) is 7. The fourth-order valence-electron chi connectivity index (χ4n) is 3.73. The Morgan fingerprint density at radius 1 is 0.923 bits per heavy atom. The van der Waals surface area contributed by atoms with Gasteiger partial charge in [-0.3, -0.25) is 4.90 Å². The van der Waals surface area contributed by atoms with Crippen LogP contribution in [0, 0.1) is 0 Å². The predicted molar refractivity (Wildman–Crippen MR) is 96.3 cm³/mol. The summed E-state index contributed by atoms with van der Waals surface area (Å²) in [5.74, 6) is 1.65. The summed E-state index contributed by atoms with van der Waals surface area (Å²) in [6.07, 6.45) is 1.77. The molecule has 1 unspecified atom stereocenters. The van der Waals surface area contributed by atoms with Crippen LogP contribution in [0.1, 0.15) is 11.8 Å². The Bertz CT molecular complexity index is 788. The van der Waals surface area contributed by atoms with Crippen molar-refractivity contribution in [2.75, 3.05) is 57.5 Å². The average Bonchev–Trinajstić information content (AvgIpc) is 2.74. The summed E-state index contributed by atoms with van der Waals surface area (Å²) in [6.45, 7) is 6.23. The standard InChI is InChI=1S/C19H22N4O3/c1-2-4-16-14(3-1)17-15(18(26-16)22-5-9-24-10-6-22)13-20-19(21-17)23-7-11-25-12-8-23/h1-4,13,18H,5-12H2. The average molecular weight is 354 g/mol. The molecule has 3 aliphatic rings. The second-order valence-corrected chi connectivity index (χ2v) is 6.69. The molecule has 4 heterocycles. The normalized spacial score (nSPS) is 23.1. The maximum atomic E-state index is 6.34. The van der Waals surface area contributed by atoms with Gasteiger partial charge in [-0.25, -0.2) is 9.97 Å². The van der Waals surface area contributed by atoms with Gasteiger partial charge in [0.2, 0.25) is 5.95 Å². The largest absolute Gasteiger partial charge is 0.470 e. The first-order valence-corrected chi connectivity index (χ1v) is 9.17. The SMILES string of the molecule is c1ccc2c(c1)OC(N1CCOCC1)c1cnc(N3CCOCC3)nc1-2. The van der Waals surface area contributed by atoms with Crippen LogP contribution in [0.15, 0.2) is 30.5 Å². The molecule has 136 valence electrons. The number of ether oxygens (including phenoxy) is 3. The zero-order valence-electron chi connectivity index (χ0n) is 14.6. The van der Waals surface area contributed by atoms with E-state index in [4.69, 9.17) is 19.2 Å². The first-order chi connectivity index (χ1) is 12.9. The van der Waals surface area contributed by atoms with Gasteiger partial charge in [0.15, 0.2) is 6.23 Å². The van der Waals surface area contributed by atoms with Crippen molar-refractivity contribution in [3.8, 4) is 17.0 Å². The Morgan fingerprint density at radius 2 is 1.65 bits per heavy atom. The minimum atomic E-state index is -0.164. The number of anilines is 1. The molecule has 0 spiro atoms. The summed E-state index contributed by atoms with van der Waals surface area (Å²) in [6, 6.07) is 8.11. The Balaban J connectivity index is 1.56. The number of aromatic nitrogens is 2. The minimum absolute atomic E-state index is 0.164. The van der Waals surface area contributed by atoms with E-state index in [1.807, 2.05) is 24.4 Å². The number of para-hydroxylation sites is 1. The highest BCUT2D eigenvalue weighted by Gasteiger charge is 2.33. The maximum Gasteiger partial charge on any atom is 0.226 e. The Labute approximate surface area is 152 Å². The van der Waals surface area contributed by atoms with E-state index in [-0.39, 0.29) is 6.23 Å². The van der Waals surface area contributed by atoms with Crippen molar-refractivity contribution in [3.05, 3.63) is 36.0 Å². The van der Waals surface area contributed by atoms with Gasteiger partial charge in [0, 0.05) is 37.9 Å². The van der Waals surface area contributed by atoms with Crippen LogP contribution in [0.4, 0.5) is 5.95 Å².